The minimum absolute atomic E-state index is 0.459. The number of halogens is 1. The molecule has 0 unspecified atom stereocenters. The molecule has 0 aliphatic carbocycles. The summed E-state index contributed by atoms with van der Waals surface area (Å²) in [4.78, 5) is 0. The molecule has 1 rings (SSSR count). The molecule has 0 saturated carbocycles. The Morgan fingerprint density at radius 1 is 1.54 bits per heavy atom. The van der Waals surface area contributed by atoms with Gasteiger partial charge in [-0.05, 0) is 13.0 Å². The number of nitrogens with zero attached hydrogens (tertiary/aromatic N) is 1. The first-order valence-electron chi connectivity index (χ1n) is 3.72. The van der Waals surface area contributed by atoms with Gasteiger partial charge < -0.3 is 9.94 Å². The third-order valence-corrected chi connectivity index (χ3v) is 2.11. The van der Waals surface area contributed by atoms with Gasteiger partial charge in [-0.1, -0.05) is 28.9 Å². The third kappa shape index (κ3) is 1.92. The van der Waals surface area contributed by atoms with Crippen molar-refractivity contribution in [2.45, 2.75) is 6.92 Å². The van der Waals surface area contributed by atoms with E-state index < -0.39 is 0 Å². The lowest BCUT2D eigenvalue weighted by atomic mass is 10.1. The largest absolute Gasteiger partial charge is 0.495 e. The maximum atomic E-state index is 8.56. The topological polar surface area (TPSA) is 41.8 Å². The highest BCUT2D eigenvalue weighted by atomic mass is 35.5. The van der Waals surface area contributed by atoms with E-state index in [4.69, 9.17) is 21.5 Å². The van der Waals surface area contributed by atoms with Crippen LogP contribution in [0.4, 0.5) is 0 Å². The molecule has 3 nitrogen and oxygen atoms in total. The molecule has 0 aliphatic rings. The second-order valence-electron chi connectivity index (χ2n) is 2.51. The van der Waals surface area contributed by atoms with Gasteiger partial charge in [-0.2, -0.15) is 0 Å². The molecule has 13 heavy (non-hydrogen) atoms. The molecule has 0 radical (unpaired) electrons. The average molecular weight is 200 g/mol. The zero-order valence-corrected chi connectivity index (χ0v) is 8.17. The number of hydrogen-bond acceptors (Lipinski definition) is 3. The lowest BCUT2D eigenvalue weighted by molar-refractivity contribution is 0.319. The molecule has 0 aliphatic heterocycles. The summed E-state index contributed by atoms with van der Waals surface area (Å²) in [5.41, 5.74) is 1.13. The number of hydrogen-bond donors (Lipinski definition) is 1. The molecule has 0 amide bonds. The first-order chi connectivity index (χ1) is 6.20. The third-order valence-electron chi connectivity index (χ3n) is 1.72. The van der Waals surface area contributed by atoms with Crippen molar-refractivity contribution < 1.29 is 9.94 Å². The second kappa shape index (κ2) is 4.14. The molecule has 4 heteroatoms. The summed E-state index contributed by atoms with van der Waals surface area (Å²) in [5.74, 6) is 0.571. The maximum absolute atomic E-state index is 8.56. The summed E-state index contributed by atoms with van der Waals surface area (Å²) in [7, 11) is 1.54. The van der Waals surface area contributed by atoms with Crippen molar-refractivity contribution in [3.63, 3.8) is 0 Å². The highest BCUT2D eigenvalue weighted by molar-refractivity contribution is 6.35. The van der Waals surface area contributed by atoms with Gasteiger partial charge in [0.05, 0.1) is 17.8 Å². The zero-order chi connectivity index (χ0) is 9.84. The minimum Gasteiger partial charge on any atom is -0.495 e. The minimum atomic E-state index is 0.459. The molecule has 1 N–H and O–H groups in total. The predicted octanol–water partition coefficient (Wildman–Crippen LogP) is 2.55. The fourth-order valence-electron chi connectivity index (χ4n) is 1.00. The van der Waals surface area contributed by atoms with Crippen molar-refractivity contribution in [1.82, 2.24) is 0 Å². The first-order valence-corrected chi connectivity index (χ1v) is 4.10. The van der Waals surface area contributed by atoms with Gasteiger partial charge in [0.25, 0.3) is 0 Å². The molecular weight excluding hydrogens is 190 g/mol. The maximum Gasteiger partial charge on any atom is 0.138 e. The number of oxime groups is 1. The van der Waals surface area contributed by atoms with Crippen LogP contribution in [-0.4, -0.2) is 18.0 Å². The summed E-state index contributed by atoms with van der Waals surface area (Å²) in [5, 5.41) is 12.1. The Morgan fingerprint density at radius 2 is 2.23 bits per heavy atom. The highest BCUT2D eigenvalue weighted by Gasteiger charge is 2.08. The molecule has 0 fully saturated rings. The van der Waals surface area contributed by atoms with Gasteiger partial charge >= 0.3 is 0 Å². The van der Waals surface area contributed by atoms with E-state index in [1.54, 1.807) is 25.1 Å². The van der Waals surface area contributed by atoms with Gasteiger partial charge in [0, 0.05) is 5.56 Å². The van der Waals surface area contributed by atoms with Crippen LogP contribution in [0.3, 0.4) is 0 Å². The van der Waals surface area contributed by atoms with Gasteiger partial charge in [-0.25, -0.2) is 0 Å². The Bertz CT molecular complexity index is 336. The van der Waals surface area contributed by atoms with E-state index in [1.165, 1.54) is 7.11 Å². The molecule has 0 bridgehead atoms. The smallest absolute Gasteiger partial charge is 0.138 e. The first kappa shape index (κ1) is 9.86. The standard InChI is InChI=1S/C9H10ClNO2/c1-6(11-12)7-4-3-5-8(13-2)9(7)10/h3-5,12H,1-2H3/b11-6-. The van der Waals surface area contributed by atoms with Crippen molar-refractivity contribution in [1.29, 1.82) is 0 Å². The van der Waals surface area contributed by atoms with E-state index in [-0.39, 0.29) is 0 Å². The van der Waals surface area contributed by atoms with E-state index in [0.717, 1.165) is 0 Å². The SMILES string of the molecule is COc1cccc(/C(C)=N\O)c1Cl. The molecule has 0 atom stereocenters. The predicted molar refractivity (Wildman–Crippen MR) is 52.0 cm³/mol. The van der Waals surface area contributed by atoms with Crippen molar-refractivity contribution in [3.05, 3.63) is 28.8 Å². The summed E-state index contributed by atoms with van der Waals surface area (Å²) in [6, 6.07) is 5.30. The van der Waals surface area contributed by atoms with Crippen LogP contribution in [0.2, 0.25) is 5.02 Å². The summed E-state index contributed by atoms with van der Waals surface area (Å²) >= 11 is 5.97. The van der Waals surface area contributed by atoms with E-state index in [1.807, 2.05) is 0 Å². The van der Waals surface area contributed by atoms with Crippen molar-refractivity contribution in [2.24, 2.45) is 5.16 Å². The van der Waals surface area contributed by atoms with E-state index >= 15 is 0 Å². The summed E-state index contributed by atoms with van der Waals surface area (Å²) in [6.07, 6.45) is 0. The molecular formula is C9H10ClNO2. The molecule has 0 heterocycles. The molecule has 1 aromatic rings. The lowest BCUT2D eigenvalue weighted by Gasteiger charge is -2.06. The van der Waals surface area contributed by atoms with Gasteiger partial charge in [0.15, 0.2) is 0 Å². The zero-order valence-electron chi connectivity index (χ0n) is 7.41. The average Bonchev–Trinajstić information content (AvgIpc) is 2.17. The van der Waals surface area contributed by atoms with Gasteiger partial charge in [-0.15, -0.1) is 0 Å². The van der Waals surface area contributed by atoms with Gasteiger partial charge in [-0.3, -0.25) is 0 Å². The van der Waals surface area contributed by atoms with Crippen LogP contribution < -0.4 is 4.74 Å². The van der Waals surface area contributed by atoms with Crippen molar-refractivity contribution >= 4 is 17.3 Å². The lowest BCUT2D eigenvalue weighted by Crippen LogP contribution is -1.97. The van der Waals surface area contributed by atoms with Crippen LogP contribution in [0.5, 0.6) is 5.75 Å². The van der Waals surface area contributed by atoms with E-state index in [2.05, 4.69) is 5.16 Å². The Kier molecular flexibility index (Phi) is 3.14. The van der Waals surface area contributed by atoms with Crippen molar-refractivity contribution in [2.75, 3.05) is 7.11 Å². The van der Waals surface area contributed by atoms with Crippen LogP contribution in [0, 0.1) is 0 Å². The fourth-order valence-corrected chi connectivity index (χ4v) is 1.34. The fraction of sp³-hybridized carbons (Fsp3) is 0.222. The van der Waals surface area contributed by atoms with E-state index in [9.17, 15) is 0 Å². The quantitative estimate of drug-likeness (QED) is 0.452. The van der Waals surface area contributed by atoms with Crippen molar-refractivity contribution in [3.8, 4) is 5.75 Å². The summed E-state index contributed by atoms with van der Waals surface area (Å²) < 4.78 is 5.01. The molecule has 1 aromatic carbocycles. The van der Waals surface area contributed by atoms with E-state index in [0.29, 0.717) is 22.0 Å². The van der Waals surface area contributed by atoms with Crippen LogP contribution in [0.25, 0.3) is 0 Å². The normalized spacial score (nSPS) is 11.5. The van der Waals surface area contributed by atoms with Crippen LogP contribution in [0.1, 0.15) is 12.5 Å². The molecule has 0 saturated heterocycles. The van der Waals surface area contributed by atoms with Crippen LogP contribution >= 0.6 is 11.6 Å². The Labute approximate surface area is 81.6 Å². The highest BCUT2D eigenvalue weighted by Crippen LogP contribution is 2.27. The number of ether oxygens (including phenoxy) is 1. The Balaban J connectivity index is 3.23. The molecule has 70 valence electrons. The molecule has 0 aromatic heterocycles. The monoisotopic (exact) mass is 199 g/mol. The van der Waals surface area contributed by atoms with Gasteiger partial charge in [0.2, 0.25) is 0 Å². The second-order valence-corrected chi connectivity index (χ2v) is 2.89. The van der Waals surface area contributed by atoms with Crippen LogP contribution in [-0.2, 0) is 0 Å². The Hall–Kier alpha value is -1.22. The summed E-state index contributed by atoms with van der Waals surface area (Å²) in [6.45, 7) is 1.67. The van der Waals surface area contributed by atoms with Gasteiger partial charge in [0.1, 0.15) is 5.75 Å². The molecule has 0 spiro atoms. The number of benzene rings is 1. The number of methoxy groups -OCH3 is 1. The van der Waals surface area contributed by atoms with Crippen LogP contribution in [0.15, 0.2) is 23.4 Å². The Morgan fingerprint density at radius 3 is 2.77 bits per heavy atom. The number of rotatable bonds is 2.